The highest BCUT2D eigenvalue weighted by Crippen LogP contribution is 2.70. The van der Waals surface area contributed by atoms with Crippen molar-refractivity contribution in [3.8, 4) is 0 Å². The minimum Gasteiger partial charge on any atom is -0.458 e. The number of hydrogen-bond acceptors (Lipinski definition) is 7. The van der Waals surface area contributed by atoms with Crippen LogP contribution in [0, 0.1) is 16.7 Å². The summed E-state index contributed by atoms with van der Waals surface area (Å²) in [5.41, 5.74) is -2.54. The van der Waals surface area contributed by atoms with Crippen LogP contribution in [0.3, 0.4) is 0 Å². The van der Waals surface area contributed by atoms with Gasteiger partial charge >= 0.3 is 11.9 Å². The van der Waals surface area contributed by atoms with Crippen molar-refractivity contribution in [1.82, 2.24) is 0 Å². The third-order valence-corrected chi connectivity index (χ3v) is 5.67. The van der Waals surface area contributed by atoms with Crippen LogP contribution in [0.25, 0.3) is 0 Å². The number of aldehydes is 1. The monoisotopic (exact) mass is 298 g/mol. The second kappa shape index (κ2) is 4.04. The summed E-state index contributed by atoms with van der Waals surface area (Å²) in [7, 11) is 0. The van der Waals surface area contributed by atoms with Crippen molar-refractivity contribution >= 4 is 18.2 Å². The van der Waals surface area contributed by atoms with Gasteiger partial charge in [0.1, 0.15) is 12.4 Å². The Morgan fingerprint density at radius 1 is 1.52 bits per heavy atom. The van der Waals surface area contributed by atoms with E-state index in [1.807, 2.05) is 0 Å². The minimum absolute atomic E-state index is 0.191. The summed E-state index contributed by atoms with van der Waals surface area (Å²) < 4.78 is 10.3. The lowest BCUT2D eigenvalue weighted by molar-refractivity contribution is -0.276. The Morgan fingerprint density at radius 2 is 2.19 bits per heavy atom. The first-order chi connectivity index (χ1) is 9.72. The predicted octanol–water partition coefficient (Wildman–Crippen LogP) is -0.470. The Bertz CT molecular complexity index is 531. The normalized spacial score (nSPS) is 51.2. The molecule has 0 amide bonds. The van der Waals surface area contributed by atoms with E-state index in [2.05, 4.69) is 0 Å². The molecule has 0 aromatic carbocycles. The Kier molecular flexibility index (Phi) is 2.79. The first kappa shape index (κ1) is 14.5. The molecule has 2 unspecified atom stereocenters. The fraction of sp³-hybridized carbons (Fsp3) is 0.786. The molecule has 1 aliphatic heterocycles. The SMILES string of the molecule is CC(=O)OC1(O)CC2C(=O)O[C@@H]3[C@@H](O)CC[C@]1(C)[C@]23C=O. The number of esters is 2. The molecule has 2 N–H and O–H groups in total. The molecule has 1 saturated heterocycles. The van der Waals surface area contributed by atoms with Gasteiger partial charge in [0.15, 0.2) is 0 Å². The van der Waals surface area contributed by atoms with E-state index in [4.69, 9.17) is 9.47 Å². The van der Waals surface area contributed by atoms with Gasteiger partial charge in [-0.3, -0.25) is 9.59 Å². The lowest BCUT2D eigenvalue weighted by atomic mass is 9.54. The molecular formula is C14H18O7. The second-order valence-electron chi connectivity index (χ2n) is 6.48. The first-order valence-electron chi connectivity index (χ1n) is 6.99. The molecule has 3 fully saturated rings. The highest BCUT2D eigenvalue weighted by atomic mass is 16.7. The van der Waals surface area contributed by atoms with Gasteiger partial charge in [-0.2, -0.15) is 0 Å². The molecular weight excluding hydrogens is 280 g/mol. The third-order valence-electron chi connectivity index (χ3n) is 5.67. The Balaban J connectivity index is 2.17. The minimum atomic E-state index is -1.91. The van der Waals surface area contributed by atoms with Crippen LogP contribution in [0.5, 0.6) is 0 Å². The van der Waals surface area contributed by atoms with Gasteiger partial charge in [0, 0.05) is 18.8 Å². The van der Waals surface area contributed by atoms with E-state index in [-0.39, 0.29) is 19.3 Å². The predicted molar refractivity (Wildman–Crippen MR) is 66.5 cm³/mol. The summed E-state index contributed by atoms with van der Waals surface area (Å²) >= 11 is 0. The summed E-state index contributed by atoms with van der Waals surface area (Å²) in [6.45, 7) is 2.78. The summed E-state index contributed by atoms with van der Waals surface area (Å²) in [5.74, 6) is -4.15. The van der Waals surface area contributed by atoms with Gasteiger partial charge in [-0.05, 0) is 12.8 Å². The fourth-order valence-electron chi connectivity index (χ4n) is 4.56. The molecule has 7 heteroatoms. The van der Waals surface area contributed by atoms with Gasteiger partial charge in [-0.25, -0.2) is 0 Å². The largest absolute Gasteiger partial charge is 0.458 e. The second-order valence-corrected chi connectivity index (χ2v) is 6.48. The van der Waals surface area contributed by atoms with Crippen LogP contribution in [0.4, 0.5) is 0 Å². The maximum absolute atomic E-state index is 12.1. The van der Waals surface area contributed by atoms with Crippen LogP contribution >= 0.6 is 0 Å². The molecule has 2 aliphatic carbocycles. The van der Waals surface area contributed by atoms with Gasteiger partial charge in [0.25, 0.3) is 0 Å². The zero-order valence-corrected chi connectivity index (χ0v) is 11.9. The average molecular weight is 298 g/mol. The van der Waals surface area contributed by atoms with Gasteiger partial charge in [0.05, 0.1) is 17.4 Å². The third kappa shape index (κ3) is 1.43. The summed E-state index contributed by atoms with van der Waals surface area (Å²) in [4.78, 5) is 35.3. The van der Waals surface area contributed by atoms with Crippen LogP contribution in [0.2, 0.25) is 0 Å². The van der Waals surface area contributed by atoms with E-state index in [0.717, 1.165) is 6.92 Å². The van der Waals surface area contributed by atoms with Gasteiger partial charge in [0.2, 0.25) is 5.79 Å². The first-order valence-corrected chi connectivity index (χ1v) is 6.99. The van der Waals surface area contributed by atoms with Crippen molar-refractivity contribution in [2.24, 2.45) is 16.7 Å². The van der Waals surface area contributed by atoms with Crippen LogP contribution in [0.15, 0.2) is 0 Å². The van der Waals surface area contributed by atoms with E-state index in [9.17, 15) is 24.6 Å². The molecule has 0 aromatic rings. The molecule has 21 heavy (non-hydrogen) atoms. The molecule has 7 nitrogen and oxygen atoms in total. The van der Waals surface area contributed by atoms with E-state index < -0.39 is 46.7 Å². The van der Waals surface area contributed by atoms with E-state index in [1.54, 1.807) is 6.92 Å². The number of ether oxygens (including phenoxy) is 2. The molecule has 0 bridgehead atoms. The number of rotatable bonds is 2. The molecule has 0 radical (unpaired) electrons. The van der Waals surface area contributed by atoms with E-state index in [0.29, 0.717) is 6.29 Å². The zero-order valence-electron chi connectivity index (χ0n) is 11.9. The molecule has 2 saturated carbocycles. The van der Waals surface area contributed by atoms with Crippen LogP contribution < -0.4 is 0 Å². The Hall–Kier alpha value is -1.47. The topological polar surface area (TPSA) is 110 Å². The van der Waals surface area contributed by atoms with Crippen LogP contribution in [-0.4, -0.2) is 46.4 Å². The quantitative estimate of drug-likeness (QED) is 0.403. The molecule has 3 rings (SSSR count). The van der Waals surface area contributed by atoms with Crippen LogP contribution in [0.1, 0.15) is 33.1 Å². The van der Waals surface area contributed by atoms with Gasteiger partial charge in [-0.1, -0.05) is 6.92 Å². The van der Waals surface area contributed by atoms with Crippen molar-refractivity contribution in [2.45, 2.75) is 51.1 Å². The standard InChI is InChI=1S/C14H18O7/c1-7(16)21-14(19)5-8-11(18)20-10-9(17)3-4-12(14,2)13(8,10)6-15/h6,8-10,17,19H,3-5H2,1-2H3/t8?,9-,10+,12+,13+,14?/m0/s1. The smallest absolute Gasteiger partial charge is 0.310 e. The molecule has 116 valence electrons. The Morgan fingerprint density at radius 3 is 2.76 bits per heavy atom. The molecule has 0 aromatic heterocycles. The van der Waals surface area contributed by atoms with E-state index >= 15 is 0 Å². The average Bonchev–Trinajstić information content (AvgIpc) is 2.78. The molecule has 0 spiro atoms. The lowest BCUT2D eigenvalue weighted by Crippen LogP contribution is -2.62. The van der Waals surface area contributed by atoms with Crippen molar-refractivity contribution in [3.05, 3.63) is 0 Å². The number of aliphatic hydroxyl groups is 2. The van der Waals surface area contributed by atoms with Crippen molar-refractivity contribution < 1.29 is 34.1 Å². The number of hydrogen-bond donors (Lipinski definition) is 2. The van der Waals surface area contributed by atoms with Crippen molar-refractivity contribution in [3.63, 3.8) is 0 Å². The maximum Gasteiger partial charge on any atom is 0.310 e. The summed E-state index contributed by atoms with van der Waals surface area (Å²) in [5, 5.41) is 20.9. The lowest BCUT2D eigenvalue weighted by Gasteiger charge is -2.51. The highest BCUT2D eigenvalue weighted by Gasteiger charge is 2.81. The highest BCUT2D eigenvalue weighted by molar-refractivity contribution is 5.86. The number of aliphatic hydroxyl groups excluding tert-OH is 1. The molecule has 6 atom stereocenters. The molecule has 1 heterocycles. The fourth-order valence-corrected chi connectivity index (χ4v) is 4.56. The maximum atomic E-state index is 12.1. The van der Waals surface area contributed by atoms with Gasteiger partial charge in [-0.15, -0.1) is 0 Å². The van der Waals surface area contributed by atoms with Crippen molar-refractivity contribution in [1.29, 1.82) is 0 Å². The zero-order chi connectivity index (χ0) is 15.6. The van der Waals surface area contributed by atoms with E-state index in [1.165, 1.54) is 0 Å². The van der Waals surface area contributed by atoms with Gasteiger partial charge < -0.3 is 24.5 Å². The number of carbonyl (C=O) groups excluding carboxylic acids is 3. The van der Waals surface area contributed by atoms with Crippen molar-refractivity contribution in [2.75, 3.05) is 0 Å². The summed E-state index contributed by atoms with van der Waals surface area (Å²) in [6.07, 6.45) is -1.06. The Labute approximate surface area is 121 Å². The number of carbonyl (C=O) groups is 3. The van der Waals surface area contributed by atoms with Crippen LogP contribution in [-0.2, 0) is 23.9 Å². The molecule has 3 aliphatic rings. The summed E-state index contributed by atoms with van der Waals surface area (Å²) in [6, 6.07) is 0.